The summed E-state index contributed by atoms with van der Waals surface area (Å²) in [6.45, 7) is 0. The Morgan fingerprint density at radius 2 is 2.00 bits per heavy atom. The average molecular weight is 340 g/mol. The molecule has 0 aliphatic rings. The minimum absolute atomic E-state index is 0.217. The lowest BCUT2D eigenvalue weighted by atomic mass is 10.0. The number of benzene rings is 1. The van der Waals surface area contributed by atoms with Crippen LogP contribution in [-0.2, 0) is 6.18 Å². The summed E-state index contributed by atoms with van der Waals surface area (Å²) in [5.74, 6) is -0.959. The molecule has 0 spiro atoms. The van der Waals surface area contributed by atoms with Gasteiger partial charge >= 0.3 is 6.18 Å². The van der Waals surface area contributed by atoms with Crippen LogP contribution < -0.4 is 5.73 Å². The number of amides is 1. The topological polar surface area (TPSA) is 66.9 Å². The number of rotatable bonds is 1. The van der Waals surface area contributed by atoms with Gasteiger partial charge in [-0.1, -0.05) is 0 Å². The zero-order chi connectivity index (χ0) is 12.5. The van der Waals surface area contributed by atoms with Crippen molar-refractivity contribution in [2.45, 2.75) is 6.18 Å². The van der Waals surface area contributed by atoms with Crippen molar-refractivity contribution >= 4 is 28.5 Å². The number of halogens is 4. The fraction of sp³-hybridized carbons (Fsp3) is 0.111. The van der Waals surface area contributed by atoms with Crippen molar-refractivity contribution in [3.05, 3.63) is 32.4 Å². The van der Waals surface area contributed by atoms with Gasteiger partial charge in [0.25, 0.3) is 0 Å². The number of hydrogen-bond donors (Lipinski definition) is 1. The predicted molar refractivity (Wildman–Crippen MR) is 57.4 cm³/mol. The number of carbonyl (C=O) groups is 1. The Morgan fingerprint density at radius 3 is 2.38 bits per heavy atom. The Morgan fingerprint density at radius 1 is 1.44 bits per heavy atom. The number of carbonyl (C=O) groups excluding carboxylic acids is 1. The lowest BCUT2D eigenvalue weighted by Gasteiger charge is -2.10. The molecule has 0 fully saturated rings. The lowest BCUT2D eigenvalue weighted by Crippen LogP contribution is -2.16. The van der Waals surface area contributed by atoms with Crippen LogP contribution in [0.4, 0.5) is 13.2 Å². The van der Waals surface area contributed by atoms with E-state index in [1.807, 2.05) is 0 Å². The van der Waals surface area contributed by atoms with Crippen LogP contribution in [0.2, 0.25) is 0 Å². The molecule has 0 aromatic heterocycles. The third-order valence-corrected chi connectivity index (χ3v) is 2.69. The Hall–Kier alpha value is -1.30. The molecule has 0 heterocycles. The Kier molecular flexibility index (Phi) is 3.42. The molecule has 84 valence electrons. The van der Waals surface area contributed by atoms with E-state index in [0.29, 0.717) is 6.07 Å². The van der Waals surface area contributed by atoms with Crippen LogP contribution in [0.3, 0.4) is 0 Å². The zero-order valence-electron chi connectivity index (χ0n) is 7.60. The monoisotopic (exact) mass is 340 g/mol. The van der Waals surface area contributed by atoms with Gasteiger partial charge in [0.15, 0.2) is 0 Å². The van der Waals surface area contributed by atoms with Gasteiger partial charge in [0.05, 0.1) is 22.8 Å². The van der Waals surface area contributed by atoms with Crippen molar-refractivity contribution in [2.75, 3.05) is 0 Å². The SMILES string of the molecule is N#Cc1cc(I)c(C(N)=O)cc1C(F)(F)F. The molecule has 0 aliphatic heterocycles. The molecular weight excluding hydrogens is 336 g/mol. The molecule has 0 saturated heterocycles. The van der Waals surface area contributed by atoms with Gasteiger partial charge in [-0.25, -0.2) is 0 Å². The van der Waals surface area contributed by atoms with Crippen LogP contribution in [-0.4, -0.2) is 5.91 Å². The summed E-state index contributed by atoms with van der Waals surface area (Å²) in [6, 6.07) is 3.02. The van der Waals surface area contributed by atoms with Crippen LogP contribution in [0.25, 0.3) is 0 Å². The number of nitrogens with zero attached hydrogens (tertiary/aromatic N) is 1. The summed E-state index contributed by atoms with van der Waals surface area (Å²) in [6.07, 6.45) is -4.68. The number of nitriles is 1. The normalized spacial score (nSPS) is 10.9. The van der Waals surface area contributed by atoms with Gasteiger partial charge in [-0.3, -0.25) is 4.79 Å². The second-order valence-electron chi connectivity index (χ2n) is 2.85. The van der Waals surface area contributed by atoms with Crippen LogP contribution in [0.15, 0.2) is 12.1 Å². The van der Waals surface area contributed by atoms with E-state index in [4.69, 9.17) is 11.0 Å². The molecule has 2 N–H and O–H groups in total. The van der Waals surface area contributed by atoms with Crippen molar-refractivity contribution in [1.29, 1.82) is 5.26 Å². The van der Waals surface area contributed by atoms with Crippen LogP contribution in [0, 0.1) is 14.9 Å². The van der Waals surface area contributed by atoms with Crippen LogP contribution >= 0.6 is 22.6 Å². The second-order valence-corrected chi connectivity index (χ2v) is 4.01. The van der Waals surface area contributed by atoms with Crippen LogP contribution in [0.1, 0.15) is 21.5 Å². The Bertz CT molecular complexity index is 491. The first-order valence-electron chi connectivity index (χ1n) is 3.88. The quantitative estimate of drug-likeness (QED) is 0.797. The first-order valence-corrected chi connectivity index (χ1v) is 4.96. The van der Waals surface area contributed by atoms with Crippen molar-refractivity contribution in [1.82, 2.24) is 0 Å². The highest BCUT2D eigenvalue weighted by Gasteiger charge is 2.34. The maximum Gasteiger partial charge on any atom is 0.417 e. The largest absolute Gasteiger partial charge is 0.417 e. The Balaban J connectivity index is 3.55. The maximum atomic E-state index is 12.5. The van der Waals surface area contributed by atoms with E-state index < -0.39 is 23.2 Å². The van der Waals surface area contributed by atoms with Gasteiger partial charge in [0.1, 0.15) is 0 Å². The summed E-state index contributed by atoms with van der Waals surface area (Å²) in [5, 5.41) is 8.57. The number of alkyl halides is 3. The maximum absolute atomic E-state index is 12.5. The third-order valence-electron chi connectivity index (χ3n) is 1.80. The highest BCUT2D eigenvalue weighted by molar-refractivity contribution is 14.1. The number of primary amides is 1. The van der Waals surface area contributed by atoms with Gasteiger partial charge in [-0.2, -0.15) is 18.4 Å². The molecule has 3 nitrogen and oxygen atoms in total. The summed E-state index contributed by atoms with van der Waals surface area (Å²) >= 11 is 1.65. The van der Waals surface area contributed by atoms with E-state index in [1.165, 1.54) is 6.07 Å². The summed E-state index contributed by atoms with van der Waals surface area (Å²) in [7, 11) is 0. The fourth-order valence-electron chi connectivity index (χ4n) is 1.09. The molecule has 0 saturated carbocycles. The van der Waals surface area contributed by atoms with E-state index >= 15 is 0 Å². The van der Waals surface area contributed by atoms with E-state index in [-0.39, 0.29) is 9.13 Å². The molecule has 16 heavy (non-hydrogen) atoms. The standard InChI is InChI=1S/C9H4F3IN2O/c10-9(11,12)6-2-5(8(15)16)7(13)1-4(6)3-14/h1-2H,(H2,15,16). The highest BCUT2D eigenvalue weighted by Crippen LogP contribution is 2.33. The van der Waals surface area contributed by atoms with Crippen LogP contribution in [0.5, 0.6) is 0 Å². The molecule has 1 rings (SSSR count). The van der Waals surface area contributed by atoms with E-state index in [1.54, 1.807) is 22.6 Å². The first kappa shape index (κ1) is 12.8. The molecule has 1 aromatic rings. The second kappa shape index (κ2) is 4.29. The molecule has 0 atom stereocenters. The smallest absolute Gasteiger partial charge is 0.366 e. The van der Waals surface area contributed by atoms with Gasteiger partial charge in [-0.05, 0) is 34.7 Å². The number of nitrogens with two attached hydrogens (primary N) is 1. The van der Waals surface area contributed by atoms with Gasteiger partial charge in [0, 0.05) is 3.57 Å². The van der Waals surface area contributed by atoms with Crippen molar-refractivity contribution < 1.29 is 18.0 Å². The summed E-state index contributed by atoms with van der Waals surface area (Å²) in [5.41, 5.74) is 3.01. The minimum Gasteiger partial charge on any atom is -0.366 e. The lowest BCUT2D eigenvalue weighted by molar-refractivity contribution is -0.137. The molecule has 0 bridgehead atoms. The average Bonchev–Trinajstić information content (AvgIpc) is 2.14. The van der Waals surface area contributed by atoms with Crippen molar-refractivity contribution in [2.24, 2.45) is 5.73 Å². The molecule has 1 aromatic carbocycles. The van der Waals surface area contributed by atoms with Gasteiger partial charge < -0.3 is 5.73 Å². The zero-order valence-corrected chi connectivity index (χ0v) is 9.76. The fourth-order valence-corrected chi connectivity index (χ4v) is 1.82. The molecule has 7 heteroatoms. The summed E-state index contributed by atoms with van der Waals surface area (Å²) in [4.78, 5) is 10.9. The molecule has 0 aliphatic carbocycles. The molecular formula is C9H4F3IN2O. The summed E-state index contributed by atoms with van der Waals surface area (Å²) < 4.78 is 37.7. The van der Waals surface area contributed by atoms with Crippen molar-refractivity contribution in [3.63, 3.8) is 0 Å². The molecule has 1 amide bonds. The number of hydrogen-bond acceptors (Lipinski definition) is 2. The third kappa shape index (κ3) is 2.44. The van der Waals surface area contributed by atoms with Gasteiger partial charge in [0.2, 0.25) is 5.91 Å². The molecule has 0 unspecified atom stereocenters. The highest BCUT2D eigenvalue weighted by atomic mass is 127. The Labute approximate surface area is 102 Å². The van der Waals surface area contributed by atoms with Crippen molar-refractivity contribution in [3.8, 4) is 6.07 Å². The van der Waals surface area contributed by atoms with E-state index in [0.717, 1.165) is 6.07 Å². The predicted octanol–water partition coefficient (Wildman–Crippen LogP) is 2.28. The minimum atomic E-state index is -4.68. The van der Waals surface area contributed by atoms with E-state index in [2.05, 4.69) is 0 Å². The van der Waals surface area contributed by atoms with Gasteiger partial charge in [-0.15, -0.1) is 0 Å². The molecule has 0 radical (unpaired) electrons. The first-order chi connectivity index (χ1) is 7.27. The van der Waals surface area contributed by atoms with E-state index in [9.17, 15) is 18.0 Å².